The highest BCUT2D eigenvalue weighted by molar-refractivity contribution is 6.30. The maximum Gasteiger partial charge on any atom is 0.254 e. The van der Waals surface area contributed by atoms with E-state index in [-0.39, 0.29) is 6.10 Å². The molecule has 1 unspecified atom stereocenters. The fourth-order valence-electron chi connectivity index (χ4n) is 3.10. The van der Waals surface area contributed by atoms with Crippen LogP contribution in [0, 0.1) is 0 Å². The molecule has 0 radical (unpaired) electrons. The number of pyridine rings is 1. The van der Waals surface area contributed by atoms with E-state index in [0.717, 1.165) is 43.9 Å². The zero-order valence-electron chi connectivity index (χ0n) is 14.0. The summed E-state index contributed by atoms with van der Waals surface area (Å²) in [4.78, 5) is 15.3. The first kappa shape index (κ1) is 16.1. The molecule has 0 saturated carbocycles. The van der Waals surface area contributed by atoms with Crippen LogP contribution in [0.15, 0.2) is 30.7 Å². The Hall–Kier alpha value is -2.41. The molecule has 1 fully saturated rings. The molecule has 0 spiro atoms. The predicted octanol–water partition coefficient (Wildman–Crippen LogP) is 2.78. The van der Waals surface area contributed by atoms with Crippen molar-refractivity contribution in [3.05, 3.63) is 41.4 Å². The van der Waals surface area contributed by atoms with Gasteiger partial charge >= 0.3 is 0 Å². The van der Waals surface area contributed by atoms with Crippen LogP contribution in [0.2, 0.25) is 5.02 Å². The van der Waals surface area contributed by atoms with Crippen LogP contribution in [0.25, 0.3) is 5.78 Å². The number of aromatic nitrogens is 5. The minimum atomic E-state index is 0.0687. The molecule has 0 amide bonds. The van der Waals surface area contributed by atoms with Gasteiger partial charge in [0, 0.05) is 30.6 Å². The number of nitrogens with zero attached hydrogens (tertiary/aromatic N) is 6. The first-order chi connectivity index (χ1) is 12.2. The Labute approximate surface area is 150 Å². The molecule has 25 heavy (non-hydrogen) atoms. The lowest BCUT2D eigenvalue weighted by molar-refractivity contribution is 0.172. The number of halogens is 1. The van der Waals surface area contributed by atoms with Gasteiger partial charge < -0.3 is 9.64 Å². The van der Waals surface area contributed by atoms with Crippen molar-refractivity contribution in [1.82, 2.24) is 24.6 Å². The summed E-state index contributed by atoms with van der Waals surface area (Å²) in [6.07, 6.45) is 6.11. The average Bonchev–Trinajstić information content (AvgIpc) is 3.11. The molecular weight excluding hydrogens is 340 g/mol. The summed E-state index contributed by atoms with van der Waals surface area (Å²) in [5.74, 6) is 2.25. The van der Waals surface area contributed by atoms with E-state index in [4.69, 9.17) is 16.3 Å². The first-order valence-electron chi connectivity index (χ1n) is 8.45. The number of anilines is 1. The Bertz CT molecular complexity index is 865. The smallest absolute Gasteiger partial charge is 0.254 e. The number of rotatable bonds is 4. The molecule has 7 nitrogen and oxygen atoms in total. The number of piperidine rings is 1. The zero-order valence-corrected chi connectivity index (χ0v) is 14.7. The van der Waals surface area contributed by atoms with E-state index < -0.39 is 0 Å². The highest BCUT2D eigenvalue weighted by atomic mass is 35.5. The summed E-state index contributed by atoms with van der Waals surface area (Å²) < 4.78 is 7.83. The van der Waals surface area contributed by atoms with E-state index in [2.05, 4.69) is 37.9 Å². The quantitative estimate of drug-likeness (QED) is 0.714. The summed E-state index contributed by atoms with van der Waals surface area (Å²) >= 11 is 5.88. The third-order valence-corrected chi connectivity index (χ3v) is 4.56. The Morgan fingerprint density at radius 1 is 1.32 bits per heavy atom. The van der Waals surface area contributed by atoms with Crippen LogP contribution in [0.4, 0.5) is 5.82 Å². The van der Waals surface area contributed by atoms with Gasteiger partial charge in [0.25, 0.3) is 5.78 Å². The van der Waals surface area contributed by atoms with Gasteiger partial charge in [0.2, 0.25) is 5.88 Å². The molecule has 0 bridgehead atoms. The number of hydrogen-bond donors (Lipinski definition) is 0. The third kappa shape index (κ3) is 3.37. The van der Waals surface area contributed by atoms with E-state index in [9.17, 15) is 0 Å². The van der Waals surface area contributed by atoms with Gasteiger partial charge in [-0.1, -0.05) is 18.5 Å². The number of hydrogen-bond acceptors (Lipinski definition) is 6. The van der Waals surface area contributed by atoms with Gasteiger partial charge in [-0.15, -0.1) is 0 Å². The number of fused-ring (bicyclic) bond motifs is 1. The minimum Gasteiger partial charge on any atom is -0.472 e. The molecule has 0 N–H and O–H groups in total. The van der Waals surface area contributed by atoms with E-state index in [1.54, 1.807) is 29.2 Å². The molecule has 3 aromatic rings. The van der Waals surface area contributed by atoms with Gasteiger partial charge in [-0.2, -0.15) is 14.6 Å². The maximum atomic E-state index is 6.04. The largest absolute Gasteiger partial charge is 0.472 e. The van der Waals surface area contributed by atoms with Crippen LogP contribution in [0.3, 0.4) is 0 Å². The van der Waals surface area contributed by atoms with Crippen LogP contribution in [-0.4, -0.2) is 43.8 Å². The Kier molecular flexibility index (Phi) is 4.40. The molecular formula is C17H19ClN6O. The van der Waals surface area contributed by atoms with Crippen LogP contribution < -0.4 is 9.64 Å². The zero-order chi connectivity index (χ0) is 17.2. The molecule has 130 valence electrons. The molecule has 1 saturated heterocycles. The molecule has 3 aromatic heterocycles. The topological polar surface area (TPSA) is 68.4 Å². The summed E-state index contributed by atoms with van der Waals surface area (Å²) in [5.41, 5.74) is 1.01. The second-order valence-corrected chi connectivity index (χ2v) is 6.51. The highest BCUT2D eigenvalue weighted by Gasteiger charge is 2.24. The second-order valence-electron chi connectivity index (χ2n) is 6.07. The molecule has 8 heteroatoms. The van der Waals surface area contributed by atoms with Crippen molar-refractivity contribution < 1.29 is 4.74 Å². The lowest BCUT2D eigenvalue weighted by Crippen LogP contribution is -2.42. The summed E-state index contributed by atoms with van der Waals surface area (Å²) in [6.45, 7) is 3.82. The Morgan fingerprint density at radius 3 is 3.04 bits per heavy atom. The Morgan fingerprint density at radius 2 is 2.24 bits per heavy atom. The standard InChI is InChI=1S/C17H19ClN6O/c1-2-13-8-16(24-17(22-13)20-11-21-24)23-7-3-4-14(10-23)25-15-6-5-12(18)9-19-15/h5-6,8-9,11,14H,2-4,7,10H2,1H3. The monoisotopic (exact) mass is 358 g/mol. The number of aryl methyl sites for hydroxylation is 1. The molecule has 1 atom stereocenters. The van der Waals surface area contributed by atoms with Crippen molar-refractivity contribution in [2.24, 2.45) is 0 Å². The van der Waals surface area contributed by atoms with E-state index >= 15 is 0 Å². The Balaban J connectivity index is 1.57. The lowest BCUT2D eigenvalue weighted by Gasteiger charge is -2.34. The van der Waals surface area contributed by atoms with Gasteiger partial charge in [0.15, 0.2) is 0 Å². The fraction of sp³-hybridized carbons (Fsp3) is 0.412. The average molecular weight is 359 g/mol. The van der Waals surface area contributed by atoms with Crippen LogP contribution >= 0.6 is 11.6 Å². The normalized spacial score (nSPS) is 17.8. The minimum absolute atomic E-state index is 0.0687. The van der Waals surface area contributed by atoms with E-state index in [0.29, 0.717) is 16.7 Å². The molecule has 4 rings (SSSR count). The van der Waals surface area contributed by atoms with Crippen molar-refractivity contribution in [1.29, 1.82) is 0 Å². The van der Waals surface area contributed by atoms with Crippen LogP contribution in [0.5, 0.6) is 5.88 Å². The molecule has 0 aliphatic carbocycles. The van der Waals surface area contributed by atoms with E-state index in [1.807, 2.05) is 0 Å². The maximum absolute atomic E-state index is 6.04. The summed E-state index contributed by atoms with van der Waals surface area (Å²) in [6, 6.07) is 5.68. The molecule has 1 aliphatic rings. The number of ether oxygens (including phenoxy) is 1. The van der Waals surface area contributed by atoms with Crippen LogP contribution in [0.1, 0.15) is 25.5 Å². The highest BCUT2D eigenvalue weighted by Crippen LogP contribution is 2.23. The summed E-state index contributed by atoms with van der Waals surface area (Å²) in [7, 11) is 0. The van der Waals surface area contributed by atoms with Gasteiger partial charge in [0.1, 0.15) is 18.2 Å². The SMILES string of the molecule is CCc1cc(N2CCCC(Oc3ccc(Cl)cn3)C2)n2ncnc2n1. The summed E-state index contributed by atoms with van der Waals surface area (Å²) in [5, 5.41) is 4.93. The predicted molar refractivity (Wildman–Crippen MR) is 95.3 cm³/mol. The first-order valence-corrected chi connectivity index (χ1v) is 8.83. The van der Waals surface area contributed by atoms with Crippen molar-refractivity contribution in [3.8, 4) is 5.88 Å². The van der Waals surface area contributed by atoms with Gasteiger partial charge in [0.05, 0.1) is 11.6 Å². The van der Waals surface area contributed by atoms with Gasteiger partial charge in [-0.25, -0.2) is 9.97 Å². The molecule has 4 heterocycles. The third-order valence-electron chi connectivity index (χ3n) is 4.34. The van der Waals surface area contributed by atoms with Gasteiger partial charge in [-0.05, 0) is 25.3 Å². The van der Waals surface area contributed by atoms with Gasteiger partial charge in [-0.3, -0.25) is 0 Å². The molecule has 0 aromatic carbocycles. The van der Waals surface area contributed by atoms with Crippen LogP contribution in [-0.2, 0) is 6.42 Å². The van der Waals surface area contributed by atoms with E-state index in [1.165, 1.54) is 0 Å². The van der Waals surface area contributed by atoms with Crippen molar-refractivity contribution >= 4 is 23.2 Å². The fourth-order valence-corrected chi connectivity index (χ4v) is 3.21. The van der Waals surface area contributed by atoms with Crippen molar-refractivity contribution in [3.63, 3.8) is 0 Å². The lowest BCUT2D eigenvalue weighted by atomic mass is 10.1. The second kappa shape index (κ2) is 6.84. The van der Waals surface area contributed by atoms with Crippen molar-refractivity contribution in [2.75, 3.05) is 18.0 Å². The molecule has 1 aliphatic heterocycles. The van der Waals surface area contributed by atoms with Crippen molar-refractivity contribution in [2.45, 2.75) is 32.3 Å².